The zero-order chi connectivity index (χ0) is 25.8. The van der Waals surface area contributed by atoms with Crippen LogP contribution in [0.2, 0.25) is 0 Å². The number of pyridine rings is 1. The molecular weight excluding hydrogens is 477 g/mol. The van der Waals surface area contributed by atoms with Gasteiger partial charge in [-0.2, -0.15) is 28.4 Å². The molecule has 9 nitrogen and oxygen atoms in total. The Labute approximate surface area is 206 Å². The Morgan fingerprint density at radius 1 is 1.25 bits per heavy atom. The molecule has 2 aromatic heterocycles. The normalized spacial score (nSPS) is 17.3. The molecule has 0 unspecified atom stereocenters. The SMILES string of the molecule is N#CC1(COc2nc(C(=O)CCC(F)(F)F)cc(N3CCC(COc4cccnc4N)CC3)n2)CC1. The monoisotopic (exact) mass is 504 g/mol. The molecule has 0 radical (unpaired) electrons. The molecular formula is C24H27F3N6O3. The topological polar surface area (TPSA) is 127 Å². The third-order valence-corrected chi connectivity index (χ3v) is 6.39. The van der Waals surface area contributed by atoms with Crippen LogP contribution in [0.5, 0.6) is 11.8 Å². The van der Waals surface area contributed by atoms with E-state index < -0.39 is 30.2 Å². The second kappa shape index (κ2) is 10.6. The zero-order valence-corrected chi connectivity index (χ0v) is 19.6. The van der Waals surface area contributed by atoms with Crippen molar-refractivity contribution in [3.05, 3.63) is 30.1 Å². The van der Waals surface area contributed by atoms with E-state index in [1.54, 1.807) is 18.3 Å². The van der Waals surface area contributed by atoms with Crippen molar-refractivity contribution in [2.24, 2.45) is 11.3 Å². The van der Waals surface area contributed by atoms with E-state index in [4.69, 9.17) is 15.2 Å². The van der Waals surface area contributed by atoms with E-state index in [1.807, 2.05) is 4.90 Å². The Kier molecular flexibility index (Phi) is 7.47. The Balaban J connectivity index is 1.42. The maximum Gasteiger partial charge on any atom is 0.389 e. The second-order valence-corrected chi connectivity index (χ2v) is 9.24. The molecule has 2 N–H and O–H groups in total. The van der Waals surface area contributed by atoms with Crippen molar-refractivity contribution in [2.45, 2.75) is 44.7 Å². The fourth-order valence-corrected chi connectivity index (χ4v) is 3.87. The highest BCUT2D eigenvalue weighted by Gasteiger charge is 2.44. The standard InChI is InChI=1S/C24H27F3N6O3/c25-24(26,27)6-3-18(34)17-12-20(32-22(31-17)36-15-23(14-28)7-8-23)33-10-4-16(5-11-33)13-35-19-2-1-9-30-21(19)29/h1-2,9,12,16H,3-8,10-11,13,15H2,(H2,29,30). The van der Waals surface area contributed by atoms with Gasteiger partial charge in [0.1, 0.15) is 18.1 Å². The van der Waals surface area contributed by atoms with Crippen LogP contribution in [0.15, 0.2) is 24.4 Å². The van der Waals surface area contributed by atoms with Gasteiger partial charge in [0, 0.05) is 31.8 Å². The molecule has 2 aromatic rings. The van der Waals surface area contributed by atoms with Crippen LogP contribution in [0.1, 0.15) is 49.0 Å². The molecule has 2 fully saturated rings. The van der Waals surface area contributed by atoms with Gasteiger partial charge in [-0.25, -0.2) is 4.98 Å². The van der Waals surface area contributed by atoms with E-state index in [1.165, 1.54) is 6.07 Å². The van der Waals surface area contributed by atoms with E-state index in [0.717, 1.165) is 12.8 Å². The molecule has 1 aliphatic heterocycles. The number of alkyl halides is 3. The molecule has 4 rings (SSSR count). The Hall–Kier alpha value is -3.62. The molecule has 1 aliphatic carbocycles. The number of Topliss-reactive ketones (excluding diaryl/α,β-unsaturated/α-hetero) is 1. The van der Waals surface area contributed by atoms with Crippen molar-refractivity contribution in [3.63, 3.8) is 0 Å². The average Bonchev–Trinajstić information content (AvgIpc) is 3.66. The minimum atomic E-state index is -4.44. The number of ketones is 1. The molecule has 0 spiro atoms. The summed E-state index contributed by atoms with van der Waals surface area (Å²) in [6.45, 7) is 1.75. The van der Waals surface area contributed by atoms with Gasteiger partial charge in [0.15, 0.2) is 17.4 Å². The fourth-order valence-electron chi connectivity index (χ4n) is 3.87. The smallest absolute Gasteiger partial charge is 0.389 e. The number of ether oxygens (including phenoxy) is 2. The van der Waals surface area contributed by atoms with E-state index in [-0.39, 0.29) is 24.2 Å². The van der Waals surface area contributed by atoms with E-state index in [2.05, 4.69) is 21.0 Å². The molecule has 0 amide bonds. The lowest BCUT2D eigenvalue weighted by atomic mass is 9.98. The van der Waals surface area contributed by atoms with Crippen molar-refractivity contribution in [2.75, 3.05) is 36.9 Å². The van der Waals surface area contributed by atoms with Crippen LogP contribution in [-0.4, -0.2) is 53.2 Å². The van der Waals surface area contributed by atoms with Gasteiger partial charge in [0.05, 0.1) is 24.5 Å². The molecule has 192 valence electrons. The lowest BCUT2D eigenvalue weighted by Gasteiger charge is -2.33. The quantitative estimate of drug-likeness (QED) is 0.478. The van der Waals surface area contributed by atoms with Crippen LogP contribution in [0.4, 0.5) is 24.8 Å². The van der Waals surface area contributed by atoms with Gasteiger partial charge < -0.3 is 20.1 Å². The molecule has 0 aromatic carbocycles. The lowest BCUT2D eigenvalue weighted by Crippen LogP contribution is -2.36. The second-order valence-electron chi connectivity index (χ2n) is 9.24. The van der Waals surface area contributed by atoms with Crippen LogP contribution in [0.25, 0.3) is 0 Å². The summed E-state index contributed by atoms with van der Waals surface area (Å²) in [5.74, 6) is 0.796. The number of hydrogen-bond acceptors (Lipinski definition) is 9. The molecule has 3 heterocycles. The number of hydrogen-bond donors (Lipinski definition) is 1. The van der Waals surface area contributed by atoms with Crippen LogP contribution in [-0.2, 0) is 0 Å². The summed E-state index contributed by atoms with van der Waals surface area (Å²) in [6, 6.07) is 7.01. The maximum atomic E-state index is 12.6. The van der Waals surface area contributed by atoms with Crippen molar-refractivity contribution < 1.29 is 27.4 Å². The average molecular weight is 505 g/mol. The van der Waals surface area contributed by atoms with E-state index >= 15 is 0 Å². The summed E-state index contributed by atoms with van der Waals surface area (Å²) in [5.41, 5.74) is 5.10. The first-order valence-electron chi connectivity index (χ1n) is 11.8. The molecule has 12 heteroatoms. The zero-order valence-electron chi connectivity index (χ0n) is 19.6. The number of rotatable bonds is 10. The van der Waals surface area contributed by atoms with Gasteiger partial charge in [-0.05, 0) is 43.7 Å². The largest absolute Gasteiger partial charge is 0.489 e. The van der Waals surface area contributed by atoms with Gasteiger partial charge in [0.25, 0.3) is 0 Å². The number of piperidine rings is 1. The number of nitrogens with zero attached hydrogens (tertiary/aromatic N) is 5. The molecule has 0 bridgehead atoms. The highest BCUT2D eigenvalue weighted by Crippen LogP contribution is 2.45. The van der Waals surface area contributed by atoms with Gasteiger partial charge in [-0.3, -0.25) is 4.79 Å². The summed E-state index contributed by atoms with van der Waals surface area (Å²) in [6.07, 6.45) is -1.86. The fraction of sp³-hybridized carbons (Fsp3) is 0.542. The van der Waals surface area contributed by atoms with Gasteiger partial charge >= 0.3 is 12.2 Å². The predicted molar refractivity (Wildman–Crippen MR) is 124 cm³/mol. The summed E-state index contributed by atoms with van der Waals surface area (Å²) in [7, 11) is 0. The number of carbonyl (C=O) groups excluding carboxylic acids is 1. The van der Waals surface area contributed by atoms with E-state index in [9.17, 15) is 23.2 Å². The molecule has 0 atom stereocenters. The van der Waals surface area contributed by atoms with Crippen LogP contribution in [0, 0.1) is 22.7 Å². The van der Waals surface area contributed by atoms with E-state index in [0.29, 0.717) is 49.9 Å². The molecule has 1 saturated heterocycles. The number of aromatic nitrogens is 3. The third-order valence-electron chi connectivity index (χ3n) is 6.39. The highest BCUT2D eigenvalue weighted by molar-refractivity contribution is 5.95. The minimum Gasteiger partial charge on any atom is -0.489 e. The van der Waals surface area contributed by atoms with Gasteiger partial charge in [0.2, 0.25) is 0 Å². The number of nitrogens with two attached hydrogens (primary N) is 1. The third kappa shape index (κ3) is 6.74. The maximum absolute atomic E-state index is 12.6. The van der Waals surface area contributed by atoms with Crippen LogP contribution >= 0.6 is 0 Å². The first-order chi connectivity index (χ1) is 17.2. The number of nitrogen functional groups attached to an aromatic ring is 1. The summed E-state index contributed by atoms with van der Waals surface area (Å²) in [4.78, 5) is 26.9. The minimum absolute atomic E-state index is 0.0695. The predicted octanol–water partition coefficient (Wildman–Crippen LogP) is 3.96. The summed E-state index contributed by atoms with van der Waals surface area (Å²) < 4.78 is 49.4. The van der Waals surface area contributed by atoms with Crippen LogP contribution < -0.4 is 20.1 Å². The Bertz CT molecular complexity index is 1120. The van der Waals surface area contributed by atoms with Crippen molar-refractivity contribution in [1.29, 1.82) is 5.26 Å². The summed E-state index contributed by atoms with van der Waals surface area (Å²) >= 11 is 0. The Morgan fingerprint density at radius 3 is 2.64 bits per heavy atom. The van der Waals surface area contributed by atoms with Crippen molar-refractivity contribution >= 4 is 17.4 Å². The van der Waals surface area contributed by atoms with Crippen molar-refractivity contribution in [1.82, 2.24) is 15.0 Å². The molecule has 2 aliphatic rings. The first kappa shape index (κ1) is 25.5. The van der Waals surface area contributed by atoms with Gasteiger partial charge in [-0.15, -0.1) is 0 Å². The van der Waals surface area contributed by atoms with Gasteiger partial charge in [-0.1, -0.05) is 0 Å². The number of nitriles is 1. The first-order valence-corrected chi connectivity index (χ1v) is 11.8. The summed E-state index contributed by atoms with van der Waals surface area (Å²) in [5, 5.41) is 9.28. The Morgan fingerprint density at radius 2 is 2.00 bits per heavy atom. The molecule has 1 saturated carbocycles. The lowest BCUT2D eigenvalue weighted by molar-refractivity contribution is -0.133. The number of halogens is 3. The number of carbonyl (C=O) groups is 1. The van der Waals surface area contributed by atoms with Crippen LogP contribution in [0.3, 0.4) is 0 Å². The molecule has 36 heavy (non-hydrogen) atoms. The number of anilines is 2. The highest BCUT2D eigenvalue weighted by atomic mass is 19.4. The van der Waals surface area contributed by atoms with Crippen molar-refractivity contribution in [3.8, 4) is 17.8 Å².